The summed E-state index contributed by atoms with van der Waals surface area (Å²) in [5.41, 5.74) is 5.14. The van der Waals surface area contributed by atoms with E-state index in [-0.39, 0.29) is 5.91 Å². The zero-order valence-electron chi connectivity index (χ0n) is 14.5. The van der Waals surface area contributed by atoms with E-state index in [0.717, 1.165) is 13.1 Å². The van der Waals surface area contributed by atoms with Crippen molar-refractivity contribution in [2.75, 3.05) is 31.1 Å². The summed E-state index contributed by atoms with van der Waals surface area (Å²) >= 11 is 0. The molecule has 1 aliphatic rings. The smallest absolute Gasteiger partial charge is 0.272 e. The molecule has 0 saturated carbocycles. The van der Waals surface area contributed by atoms with Crippen molar-refractivity contribution < 1.29 is 4.79 Å². The van der Waals surface area contributed by atoms with Crippen LogP contribution >= 0.6 is 0 Å². The van der Waals surface area contributed by atoms with Gasteiger partial charge in [-0.1, -0.05) is 12.1 Å². The summed E-state index contributed by atoms with van der Waals surface area (Å²) in [7, 11) is 0. The number of nitrogens with zero attached hydrogens (tertiary/aromatic N) is 5. The van der Waals surface area contributed by atoms with Gasteiger partial charge in [0, 0.05) is 44.1 Å². The molecule has 0 unspecified atom stereocenters. The van der Waals surface area contributed by atoms with Crippen LogP contribution < -0.4 is 4.90 Å². The van der Waals surface area contributed by atoms with Gasteiger partial charge < -0.3 is 9.80 Å². The Morgan fingerprint density at radius 2 is 1.80 bits per heavy atom. The van der Waals surface area contributed by atoms with Crippen LogP contribution in [0.1, 0.15) is 21.6 Å². The molecule has 2 aromatic heterocycles. The molecule has 1 aromatic carbocycles. The Kier molecular flexibility index (Phi) is 3.87. The van der Waals surface area contributed by atoms with Gasteiger partial charge in [-0.3, -0.25) is 4.79 Å². The molecule has 1 aliphatic heterocycles. The average Bonchev–Trinajstić information content (AvgIpc) is 3.12. The molecular weight excluding hydrogens is 314 g/mol. The van der Waals surface area contributed by atoms with Crippen LogP contribution in [-0.4, -0.2) is 51.6 Å². The SMILES string of the molecule is Cc1cccc(N2CCN(C(=O)c3ccnc4ccnn34)CC2)c1C. The first kappa shape index (κ1) is 15.6. The third kappa shape index (κ3) is 2.73. The van der Waals surface area contributed by atoms with E-state index in [1.54, 1.807) is 29.0 Å². The van der Waals surface area contributed by atoms with Crippen molar-refractivity contribution in [2.24, 2.45) is 0 Å². The number of aromatic nitrogens is 3. The van der Waals surface area contributed by atoms with Gasteiger partial charge >= 0.3 is 0 Å². The number of aryl methyl sites for hydroxylation is 1. The number of hydrogen-bond donors (Lipinski definition) is 0. The zero-order chi connectivity index (χ0) is 17.4. The number of anilines is 1. The molecule has 128 valence electrons. The van der Waals surface area contributed by atoms with Crippen LogP contribution in [0.5, 0.6) is 0 Å². The van der Waals surface area contributed by atoms with Crippen molar-refractivity contribution in [3.63, 3.8) is 0 Å². The fourth-order valence-electron chi connectivity index (χ4n) is 3.39. The van der Waals surface area contributed by atoms with Gasteiger partial charge in [0.25, 0.3) is 5.91 Å². The minimum Gasteiger partial charge on any atom is -0.368 e. The third-order valence-corrected chi connectivity index (χ3v) is 4.99. The number of carbonyl (C=O) groups is 1. The average molecular weight is 335 g/mol. The lowest BCUT2D eigenvalue weighted by Gasteiger charge is -2.37. The highest BCUT2D eigenvalue weighted by atomic mass is 16.2. The number of benzene rings is 1. The number of piperazine rings is 1. The Balaban J connectivity index is 1.51. The molecule has 6 heteroatoms. The summed E-state index contributed by atoms with van der Waals surface area (Å²) in [6, 6.07) is 9.93. The molecule has 1 saturated heterocycles. The number of carbonyl (C=O) groups excluding carboxylic acids is 1. The predicted octanol–water partition coefficient (Wildman–Crippen LogP) is 2.31. The van der Waals surface area contributed by atoms with Crippen molar-refractivity contribution in [3.05, 3.63) is 59.5 Å². The molecule has 4 rings (SSSR count). The van der Waals surface area contributed by atoms with E-state index in [9.17, 15) is 4.79 Å². The van der Waals surface area contributed by atoms with Crippen molar-refractivity contribution in [3.8, 4) is 0 Å². The van der Waals surface area contributed by atoms with Gasteiger partial charge in [0.2, 0.25) is 0 Å². The maximum Gasteiger partial charge on any atom is 0.272 e. The second kappa shape index (κ2) is 6.20. The maximum atomic E-state index is 12.9. The largest absolute Gasteiger partial charge is 0.368 e. The van der Waals surface area contributed by atoms with Crippen LogP contribution in [0.4, 0.5) is 5.69 Å². The predicted molar refractivity (Wildman–Crippen MR) is 97.0 cm³/mol. The fourth-order valence-corrected chi connectivity index (χ4v) is 3.39. The fraction of sp³-hybridized carbons (Fsp3) is 0.316. The van der Waals surface area contributed by atoms with Crippen molar-refractivity contribution in [2.45, 2.75) is 13.8 Å². The molecule has 0 aliphatic carbocycles. The molecule has 0 bridgehead atoms. The lowest BCUT2D eigenvalue weighted by atomic mass is 10.1. The summed E-state index contributed by atoms with van der Waals surface area (Å²) in [6.45, 7) is 7.38. The molecule has 1 amide bonds. The Morgan fingerprint density at radius 1 is 1.00 bits per heavy atom. The minimum atomic E-state index is 0.0108. The van der Waals surface area contributed by atoms with Gasteiger partial charge in [0.05, 0.1) is 6.20 Å². The van der Waals surface area contributed by atoms with Gasteiger partial charge in [0.15, 0.2) is 5.65 Å². The monoisotopic (exact) mass is 335 g/mol. The first-order valence-corrected chi connectivity index (χ1v) is 8.54. The Bertz CT molecular complexity index is 924. The van der Waals surface area contributed by atoms with E-state index in [2.05, 4.69) is 47.0 Å². The van der Waals surface area contributed by atoms with Gasteiger partial charge in [-0.2, -0.15) is 5.10 Å². The lowest BCUT2D eigenvalue weighted by molar-refractivity contribution is 0.0737. The molecule has 0 radical (unpaired) electrons. The van der Waals surface area contributed by atoms with Gasteiger partial charge in [-0.25, -0.2) is 9.50 Å². The summed E-state index contributed by atoms with van der Waals surface area (Å²) in [5, 5.41) is 4.21. The van der Waals surface area contributed by atoms with E-state index in [4.69, 9.17) is 0 Å². The van der Waals surface area contributed by atoms with Crippen molar-refractivity contribution >= 4 is 17.2 Å². The second-order valence-electron chi connectivity index (χ2n) is 6.43. The number of fused-ring (bicyclic) bond motifs is 1. The van der Waals surface area contributed by atoms with Gasteiger partial charge in [0.1, 0.15) is 5.69 Å². The first-order chi connectivity index (χ1) is 12.1. The Morgan fingerprint density at radius 3 is 2.60 bits per heavy atom. The molecule has 0 atom stereocenters. The highest BCUT2D eigenvalue weighted by Crippen LogP contribution is 2.24. The van der Waals surface area contributed by atoms with E-state index in [1.807, 2.05) is 4.90 Å². The van der Waals surface area contributed by atoms with Crippen LogP contribution in [-0.2, 0) is 0 Å². The van der Waals surface area contributed by atoms with E-state index >= 15 is 0 Å². The Labute approximate surface area is 146 Å². The van der Waals surface area contributed by atoms with Gasteiger partial charge in [-0.15, -0.1) is 0 Å². The molecule has 6 nitrogen and oxygen atoms in total. The normalized spacial score (nSPS) is 15.0. The number of hydrogen-bond acceptors (Lipinski definition) is 4. The maximum absolute atomic E-state index is 12.9. The number of amides is 1. The van der Waals surface area contributed by atoms with Crippen molar-refractivity contribution in [1.82, 2.24) is 19.5 Å². The summed E-state index contributed by atoms with van der Waals surface area (Å²) < 4.78 is 1.61. The quantitative estimate of drug-likeness (QED) is 0.721. The zero-order valence-corrected chi connectivity index (χ0v) is 14.5. The van der Waals surface area contributed by atoms with E-state index in [1.165, 1.54) is 16.8 Å². The summed E-state index contributed by atoms with van der Waals surface area (Å²) in [5.74, 6) is 0.0108. The molecule has 1 fully saturated rings. The highest BCUT2D eigenvalue weighted by molar-refractivity contribution is 5.93. The second-order valence-corrected chi connectivity index (χ2v) is 6.43. The third-order valence-electron chi connectivity index (χ3n) is 4.99. The van der Waals surface area contributed by atoms with Crippen LogP contribution in [0.2, 0.25) is 0 Å². The summed E-state index contributed by atoms with van der Waals surface area (Å²) in [4.78, 5) is 21.4. The van der Waals surface area contributed by atoms with E-state index in [0.29, 0.717) is 24.4 Å². The van der Waals surface area contributed by atoms with Crippen LogP contribution in [0.3, 0.4) is 0 Å². The number of rotatable bonds is 2. The Hall–Kier alpha value is -2.89. The highest BCUT2D eigenvalue weighted by Gasteiger charge is 2.24. The molecule has 0 N–H and O–H groups in total. The standard InChI is InChI=1S/C19H21N5O/c1-14-4-3-5-16(15(14)2)22-10-12-23(13-11-22)19(25)17-6-8-20-18-7-9-21-24(17)18/h3-9H,10-13H2,1-2H3. The van der Waals surface area contributed by atoms with Crippen LogP contribution in [0.25, 0.3) is 5.65 Å². The van der Waals surface area contributed by atoms with Crippen LogP contribution in [0, 0.1) is 13.8 Å². The molecule has 25 heavy (non-hydrogen) atoms. The van der Waals surface area contributed by atoms with Crippen LogP contribution in [0.15, 0.2) is 42.7 Å². The van der Waals surface area contributed by atoms with Gasteiger partial charge in [-0.05, 0) is 37.1 Å². The molecule has 3 heterocycles. The summed E-state index contributed by atoms with van der Waals surface area (Å²) in [6.07, 6.45) is 3.33. The first-order valence-electron chi connectivity index (χ1n) is 8.54. The van der Waals surface area contributed by atoms with E-state index < -0.39 is 0 Å². The molecule has 0 spiro atoms. The molecular formula is C19H21N5O. The lowest BCUT2D eigenvalue weighted by Crippen LogP contribution is -2.49. The molecule has 3 aromatic rings. The topological polar surface area (TPSA) is 53.7 Å². The minimum absolute atomic E-state index is 0.0108. The van der Waals surface area contributed by atoms with Crippen molar-refractivity contribution in [1.29, 1.82) is 0 Å².